The van der Waals surface area contributed by atoms with E-state index in [2.05, 4.69) is 26.0 Å². The molecule has 0 radical (unpaired) electrons. The molecule has 0 atom stereocenters. The summed E-state index contributed by atoms with van der Waals surface area (Å²) in [6.07, 6.45) is 0. The van der Waals surface area contributed by atoms with Gasteiger partial charge < -0.3 is 4.74 Å². The second-order valence-electron chi connectivity index (χ2n) is 3.31. The highest BCUT2D eigenvalue weighted by molar-refractivity contribution is 9.10. The van der Waals surface area contributed by atoms with Crippen molar-refractivity contribution in [1.82, 2.24) is 14.8 Å². The van der Waals surface area contributed by atoms with E-state index in [4.69, 9.17) is 16.3 Å². The van der Waals surface area contributed by atoms with Gasteiger partial charge in [-0.3, -0.25) is 0 Å². The van der Waals surface area contributed by atoms with Crippen molar-refractivity contribution in [3.8, 4) is 5.69 Å². The number of hydrogen-bond acceptors (Lipinski definition) is 4. The summed E-state index contributed by atoms with van der Waals surface area (Å²) in [4.78, 5) is 15.5. The molecule has 0 aliphatic heterocycles. The minimum Gasteiger partial charge on any atom is -0.460 e. The van der Waals surface area contributed by atoms with Gasteiger partial charge >= 0.3 is 5.97 Å². The van der Waals surface area contributed by atoms with Gasteiger partial charge in [0.25, 0.3) is 5.82 Å². The SMILES string of the molecule is CCOC(=O)c1nc(Br)n(-c2ccc(Cl)cc2)n1. The van der Waals surface area contributed by atoms with Crippen LogP contribution in [-0.4, -0.2) is 27.3 Å². The van der Waals surface area contributed by atoms with Gasteiger partial charge in [0.15, 0.2) is 0 Å². The summed E-state index contributed by atoms with van der Waals surface area (Å²) in [6.45, 7) is 2.01. The molecular formula is C11H9BrClN3O2. The molecule has 0 amide bonds. The lowest BCUT2D eigenvalue weighted by Gasteiger charge is -2.01. The molecule has 0 saturated heterocycles. The molecular weight excluding hydrogens is 321 g/mol. The number of rotatable bonds is 3. The lowest BCUT2D eigenvalue weighted by Crippen LogP contribution is -2.07. The molecule has 7 heteroatoms. The largest absolute Gasteiger partial charge is 0.460 e. The van der Waals surface area contributed by atoms with Gasteiger partial charge in [0.2, 0.25) is 4.73 Å². The Kier molecular flexibility index (Phi) is 3.98. The standard InChI is InChI=1S/C11H9BrClN3O2/c1-2-18-10(17)9-14-11(12)16(15-9)8-5-3-7(13)4-6-8/h3-6H,2H2,1H3. The molecule has 0 unspecified atom stereocenters. The van der Waals surface area contributed by atoms with Crippen molar-refractivity contribution in [1.29, 1.82) is 0 Å². The third kappa shape index (κ3) is 2.70. The van der Waals surface area contributed by atoms with E-state index in [1.807, 2.05) is 0 Å². The minimum absolute atomic E-state index is 0.0127. The van der Waals surface area contributed by atoms with Crippen LogP contribution in [0.5, 0.6) is 0 Å². The summed E-state index contributed by atoms with van der Waals surface area (Å²) >= 11 is 9.05. The zero-order chi connectivity index (χ0) is 13.1. The summed E-state index contributed by atoms with van der Waals surface area (Å²) in [7, 11) is 0. The van der Waals surface area contributed by atoms with Crippen molar-refractivity contribution in [2.45, 2.75) is 6.92 Å². The molecule has 0 fully saturated rings. The van der Waals surface area contributed by atoms with E-state index in [9.17, 15) is 4.79 Å². The van der Waals surface area contributed by atoms with E-state index in [0.717, 1.165) is 5.69 Å². The Bertz CT molecular complexity index is 568. The van der Waals surface area contributed by atoms with E-state index in [1.54, 1.807) is 31.2 Å². The first-order valence-corrected chi connectivity index (χ1v) is 6.34. The fourth-order valence-electron chi connectivity index (χ4n) is 1.32. The zero-order valence-corrected chi connectivity index (χ0v) is 11.8. The summed E-state index contributed by atoms with van der Waals surface area (Å²) in [5.74, 6) is -0.537. The Balaban J connectivity index is 2.34. The Morgan fingerprint density at radius 1 is 1.44 bits per heavy atom. The van der Waals surface area contributed by atoms with E-state index in [1.165, 1.54) is 4.68 Å². The topological polar surface area (TPSA) is 57.0 Å². The van der Waals surface area contributed by atoms with Gasteiger partial charge in [-0.2, -0.15) is 4.98 Å². The average molecular weight is 331 g/mol. The van der Waals surface area contributed by atoms with Crippen LogP contribution in [0.4, 0.5) is 0 Å². The van der Waals surface area contributed by atoms with Crippen molar-refractivity contribution in [3.05, 3.63) is 39.8 Å². The Hall–Kier alpha value is -1.40. The van der Waals surface area contributed by atoms with Gasteiger partial charge in [-0.25, -0.2) is 9.48 Å². The van der Waals surface area contributed by atoms with Gasteiger partial charge in [-0.15, -0.1) is 5.10 Å². The quantitative estimate of drug-likeness (QED) is 0.812. The molecule has 0 bridgehead atoms. The van der Waals surface area contributed by atoms with Crippen LogP contribution in [0.1, 0.15) is 17.5 Å². The predicted molar refractivity (Wildman–Crippen MR) is 70.0 cm³/mol. The fraction of sp³-hybridized carbons (Fsp3) is 0.182. The van der Waals surface area contributed by atoms with E-state index >= 15 is 0 Å². The molecule has 0 saturated carbocycles. The second-order valence-corrected chi connectivity index (χ2v) is 4.46. The minimum atomic E-state index is -0.550. The number of aromatic nitrogens is 3. The maximum absolute atomic E-state index is 11.5. The highest BCUT2D eigenvalue weighted by Gasteiger charge is 2.16. The molecule has 5 nitrogen and oxygen atoms in total. The molecule has 2 aromatic rings. The Morgan fingerprint density at radius 2 is 2.11 bits per heavy atom. The predicted octanol–water partition coefficient (Wildman–Crippen LogP) is 2.86. The summed E-state index contributed by atoms with van der Waals surface area (Å²) < 4.78 is 6.74. The molecule has 1 aromatic carbocycles. The zero-order valence-electron chi connectivity index (χ0n) is 9.43. The number of ether oxygens (including phenoxy) is 1. The van der Waals surface area contributed by atoms with Crippen molar-refractivity contribution >= 4 is 33.5 Å². The van der Waals surface area contributed by atoms with Crippen LogP contribution in [0.2, 0.25) is 5.02 Å². The molecule has 0 N–H and O–H groups in total. The number of halogens is 2. The highest BCUT2D eigenvalue weighted by Crippen LogP contribution is 2.17. The van der Waals surface area contributed by atoms with Gasteiger partial charge in [0, 0.05) is 5.02 Å². The van der Waals surface area contributed by atoms with Crippen molar-refractivity contribution < 1.29 is 9.53 Å². The molecule has 94 valence electrons. The number of hydrogen-bond donors (Lipinski definition) is 0. The highest BCUT2D eigenvalue weighted by atomic mass is 79.9. The molecule has 18 heavy (non-hydrogen) atoms. The molecule has 0 aliphatic rings. The van der Waals surface area contributed by atoms with Gasteiger partial charge in [-0.1, -0.05) is 11.6 Å². The lowest BCUT2D eigenvalue weighted by atomic mass is 10.3. The molecule has 0 spiro atoms. The van der Waals surface area contributed by atoms with Crippen LogP contribution in [0, 0.1) is 0 Å². The summed E-state index contributed by atoms with van der Waals surface area (Å²) in [5.41, 5.74) is 0.745. The Labute approximate surface area is 117 Å². The van der Waals surface area contributed by atoms with E-state index < -0.39 is 5.97 Å². The first-order chi connectivity index (χ1) is 8.61. The smallest absolute Gasteiger partial charge is 0.378 e. The average Bonchev–Trinajstić information content (AvgIpc) is 2.73. The van der Waals surface area contributed by atoms with Gasteiger partial charge in [0.1, 0.15) is 0 Å². The molecule has 1 heterocycles. The third-order valence-corrected chi connectivity index (χ3v) is 2.86. The van der Waals surface area contributed by atoms with Crippen LogP contribution >= 0.6 is 27.5 Å². The molecule has 0 aliphatic carbocycles. The maximum Gasteiger partial charge on any atom is 0.378 e. The fourth-order valence-corrected chi connectivity index (χ4v) is 1.90. The first-order valence-electron chi connectivity index (χ1n) is 5.17. The number of nitrogens with zero attached hydrogens (tertiary/aromatic N) is 3. The number of carbonyl (C=O) groups excluding carboxylic acids is 1. The Morgan fingerprint density at radius 3 is 2.72 bits per heavy atom. The van der Waals surface area contributed by atoms with Crippen molar-refractivity contribution in [2.75, 3.05) is 6.61 Å². The normalized spacial score (nSPS) is 10.4. The van der Waals surface area contributed by atoms with Gasteiger partial charge in [0.05, 0.1) is 12.3 Å². The monoisotopic (exact) mass is 329 g/mol. The first kappa shape index (κ1) is 13.0. The van der Waals surface area contributed by atoms with Crippen LogP contribution in [-0.2, 0) is 4.74 Å². The van der Waals surface area contributed by atoms with Crippen LogP contribution in [0.3, 0.4) is 0 Å². The second kappa shape index (κ2) is 5.49. The number of benzene rings is 1. The maximum atomic E-state index is 11.5. The summed E-state index contributed by atoms with van der Waals surface area (Å²) in [5, 5.41) is 4.69. The molecule has 1 aromatic heterocycles. The van der Waals surface area contributed by atoms with E-state index in [-0.39, 0.29) is 12.4 Å². The number of carbonyl (C=O) groups is 1. The third-order valence-electron chi connectivity index (χ3n) is 2.10. The van der Waals surface area contributed by atoms with Crippen LogP contribution in [0.25, 0.3) is 5.69 Å². The summed E-state index contributed by atoms with van der Waals surface area (Å²) in [6, 6.07) is 7.01. The molecule has 2 rings (SSSR count). The van der Waals surface area contributed by atoms with Crippen molar-refractivity contribution in [3.63, 3.8) is 0 Å². The lowest BCUT2D eigenvalue weighted by molar-refractivity contribution is 0.0512. The van der Waals surface area contributed by atoms with E-state index in [0.29, 0.717) is 9.76 Å². The van der Waals surface area contributed by atoms with Gasteiger partial charge in [-0.05, 0) is 47.1 Å². The van der Waals surface area contributed by atoms with Crippen LogP contribution < -0.4 is 0 Å². The van der Waals surface area contributed by atoms with Crippen molar-refractivity contribution in [2.24, 2.45) is 0 Å². The van der Waals surface area contributed by atoms with Crippen LogP contribution in [0.15, 0.2) is 29.0 Å². The number of esters is 1.